The zero-order valence-electron chi connectivity index (χ0n) is 21.8. The molecule has 0 bridgehead atoms. The van der Waals surface area contributed by atoms with Crippen LogP contribution in [0.5, 0.6) is 0 Å². The fourth-order valence-corrected chi connectivity index (χ4v) is 6.13. The molecule has 1 N–H and O–H groups in total. The molecular weight excluding hydrogens is 513 g/mol. The molecule has 2 aliphatic rings. The molecule has 3 aromatic heterocycles. The number of aromatic nitrogens is 4. The van der Waals surface area contributed by atoms with Gasteiger partial charge in [0.1, 0.15) is 17.3 Å². The average Bonchev–Trinajstić information content (AvgIpc) is 3.60. The van der Waals surface area contributed by atoms with E-state index in [0.29, 0.717) is 16.5 Å². The summed E-state index contributed by atoms with van der Waals surface area (Å²) < 4.78 is 15.6. The molecule has 39 heavy (non-hydrogen) atoms. The van der Waals surface area contributed by atoms with Gasteiger partial charge in [0.25, 0.3) is 0 Å². The van der Waals surface area contributed by atoms with Crippen LogP contribution in [0.2, 0.25) is 0 Å². The fourth-order valence-electron chi connectivity index (χ4n) is 5.00. The van der Waals surface area contributed by atoms with Gasteiger partial charge in [-0.25, -0.2) is 24.3 Å². The first-order valence-corrected chi connectivity index (χ1v) is 13.9. The number of amidine groups is 1. The highest BCUT2D eigenvalue weighted by molar-refractivity contribution is 8.14. The molecular formula is C28H28FN9S. The smallest absolute Gasteiger partial charge is 0.225 e. The minimum Gasteiger partial charge on any atom is -0.338 e. The Morgan fingerprint density at radius 2 is 1.85 bits per heavy atom. The molecule has 0 saturated carbocycles. The first kappa shape index (κ1) is 25.3. The highest BCUT2D eigenvalue weighted by atomic mass is 32.2. The number of rotatable bonds is 5. The number of hydrogen-bond acceptors (Lipinski definition) is 9. The van der Waals surface area contributed by atoms with E-state index in [1.54, 1.807) is 12.1 Å². The number of thioether (sulfide) groups is 1. The van der Waals surface area contributed by atoms with Crippen LogP contribution in [0.15, 0.2) is 60.0 Å². The van der Waals surface area contributed by atoms with Gasteiger partial charge in [-0.05, 0) is 36.2 Å². The SMILES string of the molecule is CCc1nc2ccc(-c3cnc(N4CCNCC4)nc3)cn2c1N(C)C1=NC(C#N)(c2ccc(F)cc2)CS1. The van der Waals surface area contributed by atoms with Crippen molar-refractivity contribution in [3.63, 3.8) is 0 Å². The van der Waals surface area contributed by atoms with Crippen molar-refractivity contribution in [1.82, 2.24) is 24.7 Å². The molecule has 1 unspecified atom stereocenters. The van der Waals surface area contributed by atoms with Crippen molar-refractivity contribution in [3.8, 4) is 17.2 Å². The van der Waals surface area contributed by atoms with Gasteiger partial charge in [-0.15, -0.1) is 0 Å². The Morgan fingerprint density at radius 1 is 1.10 bits per heavy atom. The van der Waals surface area contributed by atoms with Crippen LogP contribution in [-0.4, -0.2) is 63.5 Å². The minimum atomic E-state index is -1.07. The number of imidazole rings is 1. The lowest BCUT2D eigenvalue weighted by molar-refractivity contribution is 0.580. The molecule has 0 spiro atoms. The average molecular weight is 542 g/mol. The molecule has 0 radical (unpaired) electrons. The van der Waals surface area contributed by atoms with E-state index < -0.39 is 5.54 Å². The van der Waals surface area contributed by atoms with Crippen LogP contribution in [0.1, 0.15) is 18.2 Å². The maximum Gasteiger partial charge on any atom is 0.225 e. The first-order valence-electron chi connectivity index (χ1n) is 12.9. The van der Waals surface area contributed by atoms with Crippen molar-refractivity contribution in [3.05, 3.63) is 72.1 Å². The summed E-state index contributed by atoms with van der Waals surface area (Å²) in [4.78, 5) is 23.2. The van der Waals surface area contributed by atoms with Crippen molar-refractivity contribution < 1.29 is 4.39 Å². The third kappa shape index (κ3) is 4.60. The third-order valence-electron chi connectivity index (χ3n) is 7.18. The van der Waals surface area contributed by atoms with Gasteiger partial charge in [0.2, 0.25) is 5.95 Å². The molecule has 2 aliphatic heterocycles. The number of nitrogens with one attached hydrogen (secondary N) is 1. The van der Waals surface area contributed by atoms with Gasteiger partial charge in [-0.1, -0.05) is 30.8 Å². The molecule has 1 atom stereocenters. The maximum atomic E-state index is 13.5. The monoisotopic (exact) mass is 541 g/mol. The molecule has 5 heterocycles. The van der Waals surface area contributed by atoms with Crippen LogP contribution in [0.25, 0.3) is 16.8 Å². The number of aliphatic imine (C=N–C) groups is 1. The number of benzene rings is 1. The number of nitrogens with zero attached hydrogens (tertiary/aromatic N) is 8. The number of halogens is 1. The number of piperazine rings is 1. The summed E-state index contributed by atoms with van der Waals surface area (Å²) in [7, 11) is 1.95. The zero-order chi connectivity index (χ0) is 27.0. The molecule has 4 aromatic rings. The van der Waals surface area contributed by atoms with Gasteiger partial charge < -0.3 is 15.1 Å². The molecule has 9 nitrogen and oxygen atoms in total. The number of anilines is 2. The Labute approximate surface area is 230 Å². The van der Waals surface area contributed by atoms with Crippen molar-refractivity contribution in [1.29, 1.82) is 5.26 Å². The number of pyridine rings is 1. The van der Waals surface area contributed by atoms with E-state index in [0.717, 1.165) is 66.8 Å². The molecule has 1 aromatic carbocycles. The van der Waals surface area contributed by atoms with E-state index in [2.05, 4.69) is 37.6 Å². The Hall–Kier alpha value is -4.01. The van der Waals surface area contributed by atoms with E-state index >= 15 is 0 Å². The Kier molecular flexibility index (Phi) is 6.66. The molecule has 0 aliphatic carbocycles. The Bertz CT molecular complexity index is 1570. The molecule has 0 amide bonds. The van der Waals surface area contributed by atoms with Crippen molar-refractivity contribution >= 4 is 34.3 Å². The van der Waals surface area contributed by atoms with Crippen molar-refractivity contribution in [2.24, 2.45) is 4.99 Å². The van der Waals surface area contributed by atoms with Crippen LogP contribution in [-0.2, 0) is 12.0 Å². The highest BCUT2D eigenvalue weighted by Crippen LogP contribution is 2.39. The van der Waals surface area contributed by atoms with E-state index in [4.69, 9.17) is 9.98 Å². The van der Waals surface area contributed by atoms with Gasteiger partial charge in [0.15, 0.2) is 10.7 Å². The minimum absolute atomic E-state index is 0.336. The number of fused-ring (bicyclic) bond motifs is 1. The van der Waals surface area contributed by atoms with Crippen LogP contribution < -0.4 is 15.1 Å². The quantitative estimate of drug-likeness (QED) is 0.407. The van der Waals surface area contributed by atoms with Gasteiger partial charge in [0.05, 0.1) is 11.8 Å². The topological polar surface area (TPSA) is 97.7 Å². The molecule has 198 valence electrons. The standard InChI is InChI=1S/C28H28FN9S/c1-3-23-25(36(2)27-35-28(17-30,18-39-27)21-5-7-22(29)8-6-21)38-16-19(4-9-24(38)34-23)20-14-32-26(33-15-20)37-12-10-31-11-13-37/h4-9,14-16,31H,3,10-13,18H2,1-2H3. The van der Waals surface area contributed by atoms with E-state index in [1.165, 1.54) is 23.9 Å². The number of nitriles is 1. The maximum absolute atomic E-state index is 13.5. The lowest BCUT2D eigenvalue weighted by Gasteiger charge is -2.27. The summed E-state index contributed by atoms with van der Waals surface area (Å²) in [6.45, 7) is 5.73. The predicted octanol–water partition coefficient (Wildman–Crippen LogP) is 3.86. The first-order chi connectivity index (χ1) is 19.0. The molecule has 1 fully saturated rings. The van der Waals surface area contributed by atoms with Crippen molar-refractivity contribution in [2.45, 2.75) is 18.9 Å². The van der Waals surface area contributed by atoms with Crippen LogP contribution in [0, 0.1) is 17.1 Å². The van der Waals surface area contributed by atoms with Gasteiger partial charge in [0, 0.05) is 68.7 Å². The Balaban J connectivity index is 1.35. The van der Waals surface area contributed by atoms with E-state index in [9.17, 15) is 9.65 Å². The predicted molar refractivity (Wildman–Crippen MR) is 153 cm³/mol. The van der Waals surface area contributed by atoms with E-state index in [-0.39, 0.29) is 5.82 Å². The molecule has 11 heteroatoms. The van der Waals surface area contributed by atoms with Crippen LogP contribution >= 0.6 is 11.8 Å². The lowest BCUT2D eigenvalue weighted by Crippen LogP contribution is -2.44. The molecule has 1 saturated heterocycles. The van der Waals surface area contributed by atoms with Gasteiger partial charge in [-0.3, -0.25) is 4.40 Å². The van der Waals surface area contributed by atoms with Gasteiger partial charge >= 0.3 is 0 Å². The lowest BCUT2D eigenvalue weighted by atomic mass is 9.94. The fraction of sp³-hybridized carbons (Fsp3) is 0.321. The second-order valence-electron chi connectivity index (χ2n) is 9.61. The Morgan fingerprint density at radius 3 is 2.54 bits per heavy atom. The van der Waals surface area contributed by atoms with Crippen LogP contribution in [0.3, 0.4) is 0 Å². The van der Waals surface area contributed by atoms with Gasteiger partial charge in [-0.2, -0.15) is 5.26 Å². The molecule has 6 rings (SSSR count). The summed E-state index contributed by atoms with van der Waals surface area (Å²) in [5.41, 5.74) is 3.27. The second kappa shape index (κ2) is 10.3. The third-order valence-corrected chi connectivity index (χ3v) is 8.36. The normalized spacial score (nSPS) is 19.2. The summed E-state index contributed by atoms with van der Waals surface area (Å²) in [5, 5.41) is 14.2. The van der Waals surface area contributed by atoms with E-state index in [1.807, 2.05) is 42.7 Å². The summed E-state index contributed by atoms with van der Waals surface area (Å²) in [5.74, 6) is 1.76. The summed E-state index contributed by atoms with van der Waals surface area (Å²) in [6.07, 6.45) is 6.52. The zero-order valence-corrected chi connectivity index (χ0v) is 22.6. The number of hydrogen-bond donors (Lipinski definition) is 1. The second-order valence-corrected chi connectivity index (χ2v) is 10.6. The largest absolute Gasteiger partial charge is 0.338 e. The summed E-state index contributed by atoms with van der Waals surface area (Å²) in [6, 6.07) is 12.4. The highest BCUT2D eigenvalue weighted by Gasteiger charge is 2.39. The van der Waals surface area contributed by atoms with Crippen LogP contribution in [0.4, 0.5) is 16.2 Å². The summed E-state index contributed by atoms with van der Waals surface area (Å²) >= 11 is 1.51. The van der Waals surface area contributed by atoms with Crippen molar-refractivity contribution in [2.75, 3.05) is 48.8 Å². The number of aryl methyl sites for hydroxylation is 1.